The van der Waals surface area contributed by atoms with E-state index in [1.807, 2.05) is 6.08 Å². The molecule has 2 aromatic rings. The highest BCUT2D eigenvalue weighted by Gasteiger charge is 2.26. The molecule has 0 radical (unpaired) electrons. The van der Waals surface area contributed by atoms with Gasteiger partial charge in [0.2, 0.25) is 6.79 Å². The molecule has 2 aliphatic rings. The third-order valence-electron chi connectivity index (χ3n) is 4.21. The molecule has 124 valence electrons. The molecule has 0 saturated carbocycles. The first-order chi connectivity index (χ1) is 11.4. The number of aromatic amines is 1. The summed E-state index contributed by atoms with van der Waals surface area (Å²) in [6, 6.07) is 4.95. The summed E-state index contributed by atoms with van der Waals surface area (Å²) in [6.45, 7) is 1.86. The van der Waals surface area contributed by atoms with E-state index in [0.717, 1.165) is 0 Å². The lowest BCUT2D eigenvalue weighted by Gasteiger charge is -2.26. The topological polar surface area (TPSA) is 80.8 Å². The second-order valence-corrected chi connectivity index (χ2v) is 6.25. The standard InChI is InChI=1S/C18H17NO5/c1-18(21)7-10(3-11(8-18)22-2)13-5-15(20)12-4-16-17(24-9-23-16)6-14(12)19-13/h3-7,21H,8-9H2,1-2H3,(H,19,20). The van der Waals surface area contributed by atoms with E-state index < -0.39 is 5.60 Å². The number of ether oxygens (including phenoxy) is 3. The van der Waals surface area contributed by atoms with Crippen molar-refractivity contribution < 1.29 is 19.3 Å². The fourth-order valence-corrected chi connectivity index (χ4v) is 3.09. The van der Waals surface area contributed by atoms with Gasteiger partial charge in [-0.25, -0.2) is 0 Å². The molecular formula is C18H17NO5. The molecule has 0 amide bonds. The van der Waals surface area contributed by atoms with Crippen molar-refractivity contribution in [2.45, 2.75) is 18.9 Å². The Morgan fingerprint density at radius 3 is 2.75 bits per heavy atom. The molecule has 0 bridgehead atoms. The summed E-state index contributed by atoms with van der Waals surface area (Å²) in [5.74, 6) is 1.83. The van der Waals surface area contributed by atoms with Gasteiger partial charge in [-0.3, -0.25) is 4.79 Å². The number of rotatable bonds is 2. The molecule has 1 unspecified atom stereocenters. The highest BCUT2D eigenvalue weighted by molar-refractivity contribution is 5.86. The number of aromatic nitrogens is 1. The molecule has 2 N–H and O–H groups in total. The van der Waals surface area contributed by atoms with Crippen molar-refractivity contribution in [1.82, 2.24) is 4.98 Å². The molecule has 24 heavy (non-hydrogen) atoms. The normalized spacial score (nSPS) is 22.3. The van der Waals surface area contributed by atoms with Crippen LogP contribution in [0.15, 0.2) is 40.9 Å². The second kappa shape index (κ2) is 5.14. The van der Waals surface area contributed by atoms with Crippen LogP contribution in [-0.2, 0) is 4.74 Å². The van der Waals surface area contributed by atoms with Crippen molar-refractivity contribution >= 4 is 16.5 Å². The summed E-state index contributed by atoms with van der Waals surface area (Å²) in [4.78, 5) is 15.7. The van der Waals surface area contributed by atoms with Gasteiger partial charge in [-0.15, -0.1) is 0 Å². The van der Waals surface area contributed by atoms with E-state index in [0.29, 0.717) is 45.8 Å². The Hall–Kier alpha value is -2.73. The van der Waals surface area contributed by atoms with E-state index in [9.17, 15) is 9.90 Å². The zero-order chi connectivity index (χ0) is 16.9. The van der Waals surface area contributed by atoms with Gasteiger partial charge in [0.05, 0.1) is 24.0 Å². The zero-order valence-corrected chi connectivity index (χ0v) is 13.4. The lowest BCUT2D eigenvalue weighted by molar-refractivity contribution is 0.0907. The molecule has 6 nitrogen and oxygen atoms in total. The van der Waals surface area contributed by atoms with E-state index >= 15 is 0 Å². The first-order valence-electron chi connectivity index (χ1n) is 7.62. The maximum absolute atomic E-state index is 12.5. The van der Waals surface area contributed by atoms with Crippen molar-refractivity contribution in [3.8, 4) is 11.5 Å². The SMILES string of the molecule is COC1=CC(c2cc(=O)c3cc4c(cc3[nH]2)OCO4)=CC(C)(O)C1. The molecular weight excluding hydrogens is 310 g/mol. The summed E-state index contributed by atoms with van der Waals surface area (Å²) in [5.41, 5.74) is 0.812. The lowest BCUT2D eigenvalue weighted by atomic mass is 9.90. The van der Waals surface area contributed by atoms with E-state index in [-0.39, 0.29) is 12.2 Å². The number of allylic oxidation sites excluding steroid dienone is 2. The van der Waals surface area contributed by atoms with Crippen LogP contribution in [0.3, 0.4) is 0 Å². The Kier molecular flexibility index (Phi) is 3.18. The average molecular weight is 327 g/mol. The molecule has 0 spiro atoms. The van der Waals surface area contributed by atoms with Gasteiger partial charge in [-0.1, -0.05) is 0 Å². The second-order valence-electron chi connectivity index (χ2n) is 6.25. The van der Waals surface area contributed by atoms with Gasteiger partial charge in [0, 0.05) is 35.2 Å². The predicted molar refractivity (Wildman–Crippen MR) is 89.0 cm³/mol. The third kappa shape index (κ3) is 2.45. The van der Waals surface area contributed by atoms with Crippen LogP contribution in [0.2, 0.25) is 0 Å². The minimum Gasteiger partial charge on any atom is -0.501 e. The quantitative estimate of drug-likeness (QED) is 0.885. The van der Waals surface area contributed by atoms with Gasteiger partial charge in [0.25, 0.3) is 0 Å². The smallest absolute Gasteiger partial charge is 0.231 e. The minimum absolute atomic E-state index is 0.129. The van der Waals surface area contributed by atoms with Crippen LogP contribution in [0.5, 0.6) is 11.5 Å². The summed E-state index contributed by atoms with van der Waals surface area (Å²) in [5, 5.41) is 10.9. The van der Waals surface area contributed by atoms with Gasteiger partial charge < -0.3 is 24.3 Å². The van der Waals surface area contributed by atoms with Crippen LogP contribution in [-0.4, -0.2) is 29.6 Å². The molecule has 4 rings (SSSR count). The number of hydrogen-bond acceptors (Lipinski definition) is 5. The van der Waals surface area contributed by atoms with Gasteiger partial charge in [0.1, 0.15) is 0 Å². The maximum atomic E-state index is 12.5. The van der Waals surface area contributed by atoms with Crippen molar-refractivity contribution in [1.29, 1.82) is 0 Å². The predicted octanol–water partition coefficient (Wildman–Crippen LogP) is 2.33. The van der Waals surface area contributed by atoms with Crippen LogP contribution >= 0.6 is 0 Å². The number of benzene rings is 1. The summed E-state index contributed by atoms with van der Waals surface area (Å²) in [6.07, 6.45) is 3.94. The Bertz CT molecular complexity index is 952. The molecule has 2 heterocycles. The van der Waals surface area contributed by atoms with Crippen molar-refractivity contribution in [3.63, 3.8) is 0 Å². The first-order valence-corrected chi connectivity index (χ1v) is 7.62. The number of aliphatic hydroxyl groups is 1. The Balaban J connectivity index is 1.89. The number of fused-ring (bicyclic) bond motifs is 2. The van der Waals surface area contributed by atoms with Crippen molar-refractivity contribution in [3.05, 3.63) is 52.0 Å². The molecule has 1 aromatic heterocycles. The lowest BCUT2D eigenvalue weighted by Crippen LogP contribution is -2.25. The molecule has 1 aliphatic heterocycles. The molecule has 6 heteroatoms. The molecule has 1 aliphatic carbocycles. The number of nitrogens with one attached hydrogen (secondary N) is 1. The van der Waals surface area contributed by atoms with Crippen molar-refractivity contribution in [2.75, 3.05) is 13.9 Å². The summed E-state index contributed by atoms with van der Waals surface area (Å²) < 4.78 is 16.0. The molecule has 1 atom stereocenters. The molecule has 1 aromatic carbocycles. The summed E-state index contributed by atoms with van der Waals surface area (Å²) in [7, 11) is 1.56. The van der Waals surface area contributed by atoms with E-state index in [2.05, 4.69) is 4.98 Å². The van der Waals surface area contributed by atoms with E-state index in [4.69, 9.17) is 14.2 Å². The summed E-state index contributed by atoms with van der Waals surface area (Å²) >= 11 is 0. The minimum atomic E-state index is -1.03. The van der Waals surface area contributed by atoms with Crippen LogP contribution < -0.4 is 14.9 Å². The number of H-pyrrole nitrogens is 1. The number of methoxy groups -OCH3 is 1. The Morgan fingerprint density at radius 1 is 1.25 bits per heavy atom. The Morgan fingerprint density at radius 2 is 2.00 bits per heavy atom. The Labute approximate surface area is 138 Å². The van der Waals surface area contributed by atoms with Crippen LogP contribution in [0.25, 0.3) is 16.5 Å². The van der Waals surface area contributed by atoms with Crippen LogP contribution in [0.4, 0.5) is 0 Å². The highest BCUT2D eigenvalue weighted by Crippen LogP contribution is 2.35. The van der Waals surface area contributed by atoms with Crippen molar-refractivity contribution in [2.24, 2.45) is 0 Å². The van der Waals surface area contributed by atoms with Gasteiger partial charge in [0.15, 0.2) is 16.9 Å². The van der Waals surface area contributed by atoms with Gasteiger partial charge in [-0.2, -0.15) is 0 Å². The van der Waals surface area contributed by atoms with Gasteiger partial charge >= 0.3 is 0 Å². The van der Waals surface area contributed by atoms with Crippen LogP contribution in [0.1, 0.15) is 19.0 Å². The number of pyridine rings is 1. The first kappa shape index (κ1) is 14.8. The van der Waals surface area contributed by atoms with E-state index in [1.165, 1.54) is 6.07 Å². The third-order valence-corrected chi connectivity index (χ3v) is 4.21. The highest BCUT2D eigenvalue weighted by atomic mass is 16.7. The molecule has 0 fully saturated rings. The monoisotopic (exact) mass is 327 g/mol. The zero-order valence-electron chi connectivity index (χ0n) is 13.4. The van der Waals surface area contributed by atoms with Gasteiger partial charge in [-0.05, 0) is 25.1 Å². The largest absolute Gasteiger partial charge is 0.501 e. The fraction of sp³-hybridized carbons (Fsp3) is 0.278. The number of hydrogen-bond donors (Lipinski definition) is 2. The molecule has 0 saturated heterocycles. The van der Waals surface area contributed by atoms with E-state index in [1.54, 1.807) is 32.2 Å². The maximum Gasteiger partial charge on any atom is 0.231 e. The van der Waals surface area contributed by atoms with Crippen LogP contribution in [0, 0.1) is 0 Å². The average Bonchev–Trinajstić information content (AvgIpc) is 2.98. The fourth-order valence-electron chi connectivity index (χ4n) is 3.09.